The van der Waals surface area contributed by atoms with Gasteiger partial charge in [0.1, 0.15) is 0 Å². The molecule has 12 heavy (non-hydrogen) atoms. The van der Waals surface area contributed by atoms with E-state index in [0.29, 0.717) is 5.92 Å². The minimum atomic E-state index is -0.581. The Labute approximate surface area is 76.6 Å². The Hall–Kier alpha value is 0.350. The van der Waals surface area contributed by atoms with Gasteiger partial charge in [-0.25, -0.2) is 0 Å². The third-order valence-electron chi connectivity index (χ3n) is 3.00. The Bertz CT molecular complexity index is 139. The van der Waals surface area contributed by atoms with Gasteiger partial charge in [0, 0.05) is 12.1 Å². The van der Waals surface area contributed by atoms with E-state index in [1.165, 1.54) is 0 Å². The molecular formula is C9H19O2P. The molecule has 0 atom stereocenters. The molecule has 1 aliphatic rings. The third kappa shape index (κ3) is 1.99. The zero-order valence-corrected chi connectivity index (χ0v) is 9.36. The van der Waals surface area contributed by atoms with Crippen LogP contribution in [-0.4, -0.2) is 19.9 Å². The van der Waals surface area contributed by atoms with Crippen LogP contribution in [0.25, 0.3) is 0 Å². The molecule has 1 rings (SSSR count). The van der Waals surface area contributed by atoms with Crippen LogP contribution in [0.15, 0.2) is 0 Å². The molecule has 0 aromatic rings. The van der Waals surface area contributed by atoms with Crippen LogP contribution in [0.4, 0.5) is 0 Å². The molecule has 0 aliphatic carbocycles. The molecule has 1 saturated heterocycles. The van der Waals surface area contributed by atoms with Crippen LogP contribution < -0.4 is 0 Å². The summed E-state index contributed by atoms with van der Waals surface area (Å²) in [5.74, 6) is 0.645. The number of hydrogen-bond donors (Lipinski definition) is 0. The highest BCUT2D eigenvalue weighted by molar-refractivity contribution is 7.46. The summed E-state index contributed by atoms with van der Waals surface area (Å²) < 4.78 is 11.2. The highest BCUT2D eigenvalue weighted by Gasteiger charge is 2.37. The largest absolute Gasteiger partial charge is 0.334 e. The second-order valence-electron chi connectivity index (χ2n) is 3.86. The van der Waals surface area contributed by atoms with Crippen LogP contribution in [0.1, 0.15) is 27.2 Å². The molecule has 0 aromatic heterocycles. The predicted molar refractivity (Wildman–Crippen MR) is 52.3 cm³/mol. The van der Waals surface area contributed by atoms with Gasteiger partial charge in [-0.15, -0.1) is 0 Å². The lowest BCUT2D eigenvalue weighted by Gasteiger charge is -2.41. The second-order valence-corrected chi connectivity index (χ2v) is 5.25. The third-order valence-corrected chi connectivity index (χ3v) is 3.98. The Morgan fingerprint density at radius 1 is 1.33 bits per heavy atom. The topological polar surface area (TPSA) is 18.5 Å². The van der Waals surface area contributed by atoms with E-state index < -0.39 is 8.38 Å². The van der Waals surface area contributed by atoms with Gasteiger partial charge >= 0.3 is 0 Å². The fourth-order valence-electron chi connectivity index (χ4n) is 1.46. The van der Waals surface area contributed by atoms with Crippen molar-refractivity contribution in [3.8, 4) is 0 Å². The smallest absolute Gasteiger partial charge is 0.167 e. The fourth-order valence-corrected chi connectivity index (χ4v) is 2.42. The molecular weight excluding hydrogens is 171 g/mol. The van der Waals surface area contributed by atoms with Gasteiger partial charge in [-0.1, -0.05) is 20.8 Å². The maximum absolute atomic E-state index is 5.59. The van der Waals surface area contributed by atoms with E-state index in [1.54, 1.807) is 0 Å². The first-order valence-electron chi connectivity index (χ1n) is 4.60. The molecule has 0 spiro atoms. The zero-order chi connectivity index (χ0) is 9.19. The minimum Gasteiger partial charge on any atom is -0.334 e. The highest BCUT2D eigenvalue weighted by atomic mass is 31.2. The van der Waals surface area contributed by atoms with Crippen LogP contribution in [0.3, 0.4) is 0 Å². The summed E-state index contributed by atoms with van der Waals surface area (Å²) in [4.78, 5) is 0. The van der Waals surface area contributed by atoms with E-state index in [9.17, 15) is 0 Å². The van der Waals surface area contributed by atoms with Gasteiger partial charge in [0.05, 0.1) is 13.2 Å². The maximum Gasteiger partial charge on any atom is 0.167 e. The fraction of sp³-hybridized carbons (Fsp3) is 1.00. The predicted octanol–water partition coefficient (Wildman–Crippen LogP) is 3.03. The van der Waals surface area contributed by atoms with Crippen molar-refractivity contribution in [3.63, 3.8) is 0 Å². The van der Waals surface area contributed by atoms with Crippen LogP contribution in [0, 0.1) is 11.3 Å². The molecule has 1 heterocycles. The van der Waals surface area contributed by atoms with Crippen molar-refractivity contribution in [2.45, 2.75) is 27.2 Å². The Morgan fingerprint density at radius 3 is 2.17 bits per heavy atom. The molecule has 72 valence electrons. The summed E-state index contributed by atoms with van der Waals surface area (Å²) in [6.07, 6.45) is 1.15. The van der Waals surface area contributed by atoms with Crippen LogP contribution in [-0.2, 0) is 9.05 Å². The lowest BCUT2D eigenvalue weighted by Crippen LogP contribution is -2.38. The molecule has 2 nitrogen and oxygen atoms in total. The molecule has 0 radical (unpaired) electrons. The van der Waals surface area contributed by atoms with E-state index in [-0.39, 0.29) is 5.41 Å². The Kier molecular flexibility index (Phi) is 3.51. The summed E-state index contributed by atoms with van der Waals surface area (Å²) in [7, 11) is -0.581. The van der Waals surface area contributed by atoms with Crippen LogP contribution >= 0.6 is 8.38 Å². The molecule has 3 heteroatoms. The van der Waals surface area contributed by atoms with Gasteiger partial charge in [-0.05, 0) is 12.3 Å². The summed E-state index contributed by atoms with van der Waals surface area (Å²) in [5, 5.41) is 0. The Balaban J connectivity index is 2.57. The number of hydrogen-bond acceptors (Lipinski definition) is 2. The molecule has 0 bridgehead atoms. The van der Waals surface area contributed by atoms with E-state index >= 15 is 0 Å². The zero-order valence-electron chi connectivity index (χ0n) is 8.46. The molecule has 0 amide bonds. The molecule has 1 fully saturated rings. The SMILES string of the molecule is CCC1(C(C)C)COP(C)OC1. The second kappa shape index (κ2) is 4.04. The van der Waals surface area contributed by atoms with Crippen molar-refractivity contribution in [2.75, 3.05) is 19.9 Å². The van der Waals surface area contributed by atoms with Crippen molar-refractivity contribution >= 4 is 8.38 Å². The van der Waals surface area contributed by atoms with Gasteiger partial charge < -0.3 is 9.05 Å². The lowest BCUT2D eigenvalue weighted by atomic mass is 9.76. The van der Waals surface area contributed by atoms with Gasteiger partial charge in [-0.2, -0.15) is 0 Å². The Morgan fingerprint density at radius 2 is 1.83 bits per heavy atom. The quantitative estimate of drug-likeness (QED) is 0.623. The van der Waals surface area contributed by atoms with E-state index in [2.05, 4.69) is 20.8 Å². The van der Waals surface area contributed by atoms with Crippen molar-refractivity contribution in [2.24, 2.45) is 11.3 Å². The molecule has 0 saturated carbocycles. The molecule has 1 aliphatic heterocycles. The van der Waals surface area contributed by atoms with Crippen molar-refractivity contribution < 1.29 is 9.05 Å². The first-order chi connectivity index (χ1) is 5.60. The van der Waals surface area contributed by atoms with Crippen LogP contribution in [0.5, 0.6) is 0 Å². The van der Waals surface area contributed by atoms with Crippen molar-refractivity contribution in [1.29, 1.82) is 0 Å². The van der Waals surface area contributed by atoms with Crippen molar-refractivity contribution in [3.05, 3.63) is 0 Å². The van der Waals surface area contributed by atoms with E-state index in [0.717, 1.165) is 19.6 Å². The standard InChI is InChI=1S/C9H19O2P/c1-5-9(8(2)3)6-10-12(4)11-7-9/h8H,5-7H2,1-4H3. The van der Waals surface area contributed by atoms with Gasteiger partial charge in [0.15, 0.2) is 8.38 Å². The normalized spacial score (nSPS) is 37.2. The van der Waals surface area contributed by atoms with Crippen molar-refractivity contribution in [1.82, 2.24) is 0 Å². The summed E-state index contributed by atoms with van der Waals surface area (Å²) >= 11 is 0. The summed E-state index contributed by atoms with van der Waals surface area (Å²) in [6.45, 7) is 10.5. The van der Waals surface area contributed by atoms with Crippen LogP contribution in [0.2, 0.25) is 0 Å². The average molecular weight is 190 g/mol. The van der Waals surface area contributed by atoms with E-state index in [4.69, 9.17) is 9.05 Å². The maximum atomic E-state index is 5.59. The molecule has 0 aromatic carbocycles. The monoisotopic (exact) mass is 190 g/mol. The highest BCUT2D eigenvalue weighted by Crippen LogP contribution is 2.47. The first kappa shape index (κ1) is 10.4. The average Bonchev–Trinajstić information content (AvgIpc) is 2.06. The summed E-state index contributed by atoms with van der Waals surface area (Å²) in [6, 6.07) is 0. The minimum absolute atomic E-state index is 0.273. The first-order valence-corrected chi connectivity index (χ1v) is 6.23. The summed E-state index contributed by atoms with van der Waals surface area (Å²) in [5.41, 5.74) is 0.273. The van der Waals surface area contributed by atoms with Gasteiger partial charge in [0.2, 0.25) is 0 Å². The van der Waals surface area contributed by atoms with Gasteiger partial charge in [-0.3, -0.25) is 0 Å². The number of rotatable bonds is 2. The molecule has 0 N–H and O–H groups in total. The van der Waals surface area contributed by atoms with E-state index in [1.807, 2.05) is 6.66 Å². The lowest BCUT2D eigenvalue weighted by molar-refractivity contribution is -0.00206. The van der Waals surface area contributed by atoms with Gasteiger partial charge in [0.25, 0.3) is 0 Å². The molecule has 0 unspecified atom stereocenters.